The van der Waals surface area contributed by atoms with Gasteiger partial charge in [0.1, 0.15) is 5.82 Å². The number of piperazine rings is 1. The van der Waals surface area contributed by atoms with Crippen molar-refractivity contribution in [3.63, 3.8) is 0 Å². The van der Waals surface area contributed by atoms with Crippen LogP contribution in [0.5, 0.6) is 0 Å². The zero-order valence-corrected chi connectivity index (χ0v) is 17.9. The second-order valence-corrected chi connectivity index (χ2v) is 7.73. The van der Waals surface area contributed by atoms with Crippen LogP contribution < -0.4 is 10.6 Å². The second-order valence-electron chi connectivity index (χ2n) is 7.30. The predicted molar refractivity (Wildman–Crippen MR) is 116 cm³/mol. The summed E-state index contributed by atoms with van der Waals surface area (Å²) in [6.45, 7) is 7.27. The van der Waals surface area contributed by atoms with Crippen LogP contribution in [0.4, 0.5) is 11.6 Å². The number of fused-ring (bicyclic) bond motifs is 1. The number of aryl methyl sites for hydroxylation is 1. The highest BCUT2D eigenvalue weighted by Gasteiger charge is 2.28. The summed E-state index contributed by atoms with van der Waals surface area (Å²) in [7, 11) is 0. The molecule has 10 heteroatoms. The minimum Gasteiger partial charge on any atom is -0.333 e. The van der Waals surface area contributed by atoms with Gasteiger partial charge in [0.15, 0.2) is 5.82 Å². The molecule has 1 fully saturated rings. The Kier molecular flexibility index (Phi) is 6.26. The molecule has 3 heterocycles. The van der Waals surface area contributed by atoms with Gasteiger partial charge in [0.2, 0.25) is 5.82 Å². The first-order chi connectivity index (χ1) is 13.4. The van der Waals surface area contributed by atoms with Gasteiger partial charge in [0.05, 0.1) is 5.52 Å². The molecule has 4 rings (SSSR count). The normalized spacial score (nSPS) is 19.1. The summed E-state index contributed by atoms with van der Waals surface area (Å²) in [5.41, 5.74) is 1.56. The van der Waals surface area contributed by atoms with Crippen molar-refractivity contribution in [2.75, 3.05) is 18.4 Å². The smallest absolute Gasteiger partial charge is 0.291 e. The number of aromatic amines is 1. The van der Waals surface area contributed by atoms with Crippen LogP contribution in [0.2, 0.25) is 5.02 Å². The topological polar surface area (TPSA) is 98.8 Å². The number of aromatic nitrogens is 4. The lowest BCUT2D eigenvalue weighted by atomic mass is 10.1. The lowest BCUT2D eigenvalue weighted by Crippen LogP contribution is -2.56. The highest BCUT2D eigenvalue weighted by molar-refractivity contribution is 6.31. The third-order valence-corrected chi connectivity index (χ3v) is 4.88. The van der Waals surface area contributed by atoms with Crippen LogP contribution in [0.25, 0.3) is 10.9 Å². The van der Waals surface area contributed by atoms with Gasteiger partial charge in [-0.3, -0.25) is 9.89 Å². The van der Waals surface area contributed by atoms with Crippen LogP contribution in [0, 0.1) is 6.92 Å². The van der Waals surface area contributed by atoms with Gasteiger partial charge in [-0.1, -0.05) is 11.6 Å². The van der Waals surface area contributed by atoms with Crippen molar-refractivity contribution in [2.24, 2.45) is 0 Å². The number of hydrogen-bond acceptors (Lipinski definition) is 6. The number of nitrogens with zero attached hydrogens (tertiary/aromatic N) is 4. The highest BCUT2D eigenvalue weighted by Crippen LogP contribution is 2.27. The Hall–Kier alpha value is -2.42. The molecular weight excluding hydrogens is 413 g/mol. The Morgan fingerprint density at radius 1 is 1.21 bits per heavy atom. The summed E-state index contributed by atoms with van der Waals surface area (Å²) in [5, 5.41) is 15.0. The van der Waals surface area contributed by atoms with E-state index in [-0.39, 0.29) is 36.2 Å². The van der Waals surface area contributed by atoms with Gasteiger partial charge in [-0.25, -0.2) is 9.97 Å². The van der Waals surface area contributed by atoms with Crippen molar-refractivity contribution < 1.29 is 4.79 Å². The maximum atomic E-state index is 13.1. The van der Waals surface area contributed by atoms with E-state index in [1.807, 2.05) is 13.0 Å². The Labute approximate surface area is 179 Å². The third kappa shape index (κ3) is 4.60. The standard InChI is InChI=1S/C19H22ClN7O.ClH/c1-10-6-16(26-25-10)23-17-14-7-13(20)4-5-15(14)22-18(24-17)19(28)27-8-11(2)21-12(3)9-27;/h4-7,11-12,21H,8-9H2,1-3H3,(H2,22,23,24,25,26);1H. The Balaban J connectivity index is 0.00000240. The molecule has 0 saturated carbocycles. The van der Waals surface area contributed by atoms with Crippen molar-refractivity contribution in [2.45, 2.75) is 32.9 Å². The number of hydrogen-bond donors (Lipinski definition) is 3. The van der Waals surface area contributed by atoms with Gasteiger partial charge in [-0.15, -0.1) is 12.4 Å². The first-order valence-electron chi connectivity index (χ1n) is 9.20. The minimum atomic E-state index is -0.182. The SMILES string of the molecule is Cc1cc(Nc2nc(C(=O)N3CC(C)NC(C)C3)nc3ccc(Cl)cc23)n[nH]1.Cl. The number of rotatable bonds is 3. The summed E-state index contributed by atoms with van der Waals surface area (Å²) < 4.78 is 0. The van der Waals surface area contributed by atoms with E-state index in [9.17, 15) is 4.79 Å². The number of amides is 1. The number of H-pyrrole nitrogens is 1. The molecular formula is C19H23Cl2N7O. The molecule has 0 aliphatic carbocycles. The zero-order valence-electron chi connectivity index (χ0n) is 16.4. The number of nitrogens with one attached hydrogen (secondary N) is 3. The number of halogens is 2. The Bertz CT molecular complexity index is 1030. The highest BCUT2D eigenvalue weighted by atomic mass is 35.5. The van der Waals surface area contributed by atoms with Gasteiger partial charge in [-0.2, -0.15) is 5.10 Å². The van der Waals surface area contributed by atoms with Crippen LogP contribution in [0.15, 0.2) is 24.3 Å². The van der Waals surface area contributed by atoms with E-state index < -0.39 is 0 Å². The fourth-order valence-electron chi connectivity index (χ4n) is 3.53. The van der Waals surface area contributed by atoms with Crippen molar-refractivity contribution in [3.05, 3.63) is 40.8 Å². The molecule has 1 amide bonds. The molecule has 1 aliphatic heterocycles. The van der Waals surface area contributed by atoms with Crippen molar-refractivity contribution in [1.29, 1.82) is 0 Å². The van der Waals surface area contributed by atoms with E-state index in [4.69, 9.17) is 11.6 Å². The number of anilines is 2. The summed E-state index contributed by atoms with van der Waals surface area (Å²) >= 11 is 6.17. The van der Waals surface area contributed by atoms with Crippen LogP contribution in [0.1, 0.15) is 30.2 Å². The molecule has 154 valence electrons. The van der Waals surface area contributed by atoms with E-state index >= 15 is 0 Å². The molecule has 8 nitrogen and oxygen atoms in total. The van der Waals surface area contributed by atoms with Crippen LogP contribution >= 0.6 is 24.0 Å². The fraction of sp³-hybridized carbons (Fsp3) is 0.368. The van der Waals surface area contributed by atoms with Crippen molar-refractivity contribution in [3.8, 4) is 0 Å². The first-order valence-corrected chi connectivity index (χ1v) is 9.58. The summed E-state index contributed by atoms with van der Waals surface area (Å²) in [6.07, 6.45) is 0. The molecule has 2 atom stereocenters. The van der Waals surface area contributed by atoms with Crippen molar-refractivity contribution in [1.82, 2.24) is 30.4 Å². The molecule has 3 aromatic rings. The first kappa shape index (κ1) is 21.3. The van der Waals surface area contributed by atoms with E-state index in [0.29, 0.717) is 35.3 Å². The van der Waals surface area contributed by atoms with Gasteiger partial charge in [-0.05, 0) is 39.0 Å². The molecule has 0 bridgehead atoms. The maximum absolute atomic E-state index is 13.1. The molecule has 0 radical (unpaired) electrons. The van der Waals surface area contributed by atoms with E-state index in [1.54, 1.807) is 23.1 Å². The Morgan fingerprint density at radius 2 is 1.93 bits per heavy atom. The molecule has 1 saturated heterocycles. The molecule has 29 heavy (non-hydrogen) atoms. The molecule has 2 unspecified atom stereocenters. The largest absolute Gasteiger partial charge is 0.333 e. The predicted octanol–water partition coefficient (Wildman–Crippen LogP) is 3.30. The lowest BCUT2D eigenvalue weighted by Gasteiger charge is -2.35. The van der Waals surface area contributed by atoms with Crippen LogP contribution in [0.3, 0.4) is 0 Å². The molecule has 2 aromatic heterocycles. The van der Waals surface area contributed by atoms with Gasteiger partial charge in [0, 0.05) is 47.3 Å². The second kappa shape index (κ2) is 8.52. The molecule has 0 spiro atoms. The molecule has 3 N–H and O–H groups in total. The van der Waals surface area contributed by atoms with E-state index in [2.05, 4.69) is 44.6 Å². The van der Waals surface area contributed by atoms with Gasteiger partial charge >= 0.3 is 0 Å². The summed E-state index contributed by atoms with van der Waals surface area (Å²) in [4.78, 5) is 23.9. The van der Waals surface area contributed by atoms with E-state index in [0.717, 1.165) is 11.1 Å². The lowest BCUT2D eigenvalue weighted by molar-refractivity contribution is 0.0662. The fourth-order valence-corrected chi connectivity index (χ4v) is 3.70. The molecule has 1 aliphatic rings. The zero-order chi connectivity index (χ0) is 19.8. The van der Waals surface area contributed by atoms with Crippen LogP contribution in [-0.4, -0.2) is 56.1 Å². The van der Waals surface area contributed by atoms with E-state index in [1.165, 1.54) is 0 Å². The van der Waals surface area contributed by atoms with Crippen molar-refractivity contribution >= 4 is 52.5 Å². The summed E-state index contributed by atoms with van der Waals surface area (Å²) in [6, 6.07) is 7.62. The third-order valence-electron chi connectivity index (χ3n) is 4.65. The Morgan fingerprint density at radius 3 is 2.59 bits per heavy atom. The quantitative estimate of drug-likeness (QED) is 0.583. The van der Waals surface area contributed by atoms with Gasteiger partial charge < -0.3 is 15.5 Å². The number of benzene rings is 1. The van der Waals surface area contributed by atoms with Gasteiger partial charge in [0.25, 0.3) is 5.91 Å². The number of carbonyl (C=O) groups excluding carboxylic acids is 1. The number of carbonyl (C=O) groups is 1. The average molecular weight is 436 g/mol. The average Bonchev–Trinajstić information content (AvgIpc) is 3.05. The monoisotopic (exact) mass is 435 g/mol. The maximum Gasteiger partial charge on any atom is 0.291 e. The minimum absolute atomic E-state index is 0. The molecule has 1 aromatic carbocycles. The van der Waals surface area contributed by atoms with Crippen LogP contribution in [-0.2, 0) is 0 Å². The summed E-state index contributed by atoms with van der Waals surface area (Å²) in [5.74, 6) is 1.09.